The smallest absolute Gasteiger partial charge is 0.410 e. The number of benzene rings is 2. The number of aryl methyl sites for hydroxylation is 1. The van der Waals surface area contributed by atoms with Gasteiger partial charge in [0.2, 0.25) is 0 Å². The van der Waals surface area contributed by atoms with Crippen molar-refractivity contribution in [3.63, 3.8) is 0 Å². The van der Waals surface area contributed by atoms with Crippen molar-refractivity contribution in [1.29, 1.82) is 5.26 Å². The summed E-state index contributed by atoms with van der Waals surface area (Å²) in [6.07, 6.45) is 2.28. The molecule has 0 bridgehead atoms. The minimum Gasteiger partial charge on any atom is -0.478 e. The molecule has 1 aliphatic heterocycles. The number of H-pyrrole nitrogens is 1. The van der Waals surface area contributed by atoms with E-state index in [9.17, 15) is 20.0 Å². The van der Waals surface area contributed by atoms with Crippen LogP contribution in [0.3, 0.4) is 0 Å². The summed E-state index contributed by atoms with van der Waals surface area (Å²) >= 11 is 0. The Morgan fingerprint density at radius 2 is 1.87 bits per heavy atom. The number of carboxylic acid groups (broad SMARTS) is 1. The average molecular weight is 531 g/mol. The number of hydrogen-bond donors (Lipinski definition) is 2. The van der Waals surface area contributed by atoms with Gasteiger partial charge in [-0.25, -0.2) is 9.59 Å². The number of aromatic amines is 1. The lowest BCUT2D eigenvalue weighted by Gasteiger charge is -2.35. The van der Waals surface area contributed by atoms with Gasteiger partial charge in [-0.05, 0) is 95.2 Å². The molecule has 0 aliphatic carbocycles. The highest BCUT2D eigenvalue weighted by Crippen LogP contribution is 2.39. The number of carboxylic acids is 1. The van der Waals surface area contributed by atoms with Gasteiger partial charge in [-0.3, -0.25) is 0 Å². The van der Waals surface area contributed by atoms with E-state index in [0.29, 0.717) is 35.4 Å². The van der Waals surface area contributed by atoms with Crippen LogP contribution in [0.25, 0.3) is 10.9 Å². The molecule has 39 heavy (non-hydrogen) atoms. The Labute approximate surface area is 230 Å². The number of ether oxygens (including phenoxy) is 1. The Balaban J connectivity index is 1.70. The fourth-order valence-corrected chi connectivity index (χ4v) is 5.47. The first-order chi connectivity index (χ1) is 18.4. The number of amides is 1. The van der Waals surface area contributed by atoms with Crippen molar-refractivity contribution in [1.82, 2.24) is 9.88 Å². The van der Waals surface area contributed by atoms with Crippen LogP contribution in [0.15, 0.2) is 36.4 Å². The maximum Gasteiger partial charge on any atom is 0.410 e. The Kier molecular flexibility index (Phi) is 7.91. The van der Waals surface area contributed by atoms with Gasteiger partial charge in [0.05, 0.1) is 11.6 Å². The number of rotatable bonds is 6. The van der Waals surface area contributed by atoms with Crippen molar-refractivity contribution >= 4 is 34.5 Å². The first kappa shape index (κ1) is 28.0. The fraction of sp³-hybridized carbons (Fsp3) is 0.452. The number of likely N-dealkylation sites (tertiary alicyclic amines) is 1. The number of nitrogens with one attached hydrogen (secondary N) is 1. The summed E-state index contributed by atoms with van der Waals surface area (Å²) in [7, 11) is 0. The second-order valence-electron chi connectivity index (χ2n) is 11.5. The van der Waals surface area contributed by atoms with E-state index >= 15 is 0 Å². The van der Waals surface area contributed by atoms with Gasteiger partial charge < -0.3 is 24.6 Å². The molecule has 1 fully saturated rings. The molecule has 1 amide bonds. The van der Waals surface area contributed by atoms with Gasteiger partial charge in [0.25, 0.3) is 0 Å². The molecule has 2 heterocycles. The number of piperidine rings is 1. The van der Waals surface area contributed by atoms with E-state index in [-0.39, 0.29) is 23.6 Å². The van der Waals surface area contributed by atoms with Crippen LogP contribution in [0.5, 0.6) is 0 Å². The second kappa shape index (κ2) is 11.0. The molecule has 2 aromatic carbocycles. The molecule has 0 radical (unpaired) electrons. The molecule has 0 unspecified atom stereocenters. The minimum absolute atomic E-state index is 0.0408. The van der Waals surface area contributed by atoms with Crippen LogP contribution in [-0.4, -0.2) is 51.8 Å². The summed E-state index contributed by atoms with van der Waals surface area (Å²) in [5.41, 5.74) is 4.15. The maximum atomic E-state index is 12.6. The highest BCUT2D eigenvalue weighted by molar-refractivity contribution is 6.09. The number of nitriles is 1. The highest BCUT2D eigenvalue weighted by atomic mass is 16.6. The Bertz CT molecular complexity index is 1420. The third-order valence-electron chi connectivity index (χ3n) is 7.25. The largest absolute Gasteiger partial charge is 0.478 e. The molecular weight excluding hydrogens is 492 g/mol. The third-order valence-corrected chi connectivity index (χ3v) is 7.25. The lowest BCUT2D eigenvalue weighted by molar-refractivity contribution is 0.0204. The number of carbonyl (C=O) groups excluding carboxylic acids is 1. The van der Waals surface area contributed by atoms with Crippen molar-refractivity contribution in [3.05, 3.63) is 58.7 Å². The van der Waals surface area contributed by atoms with Gasteiger partial charge in [-0.1, -0.05) is 19.1 Å². The molecule has 8 nitrogen and oxygen atoms in total. The van der Waals surface area contributed by atoms with Crippen LogP contribution in [0, 0.1) is 11.3 Å². The van der Waals surface area contributed by atoms with E-state index in [1.54, 1.807) is 23.1 Å². The molecule has 4 rings (SSSR count). The Morgan fingerprint density at radius 1 is 1.18 bits per heavy atom. The summed E-state index contributed by atoms with van der Waals surface area (Å²) in [6.45, 7) is 13.1. The van der Waals surface area contributed by atoms with Gasteiger partial charge in [0.1, 0.15) is 17.0 Å². The molecule has 1 saturated heterocycles. The van der Waals surface area contributed by atoms with Gasteiger partial charge in [0.15, 0.2) is 0 Å². The van der Waals surface area contributed by atoms with Crippen LogP contribution in [-0.2, 0) is 11.2 Å². The van der Waals surface area contributed by atoms with Gasteiger partial charge in [-0.2, -0.15) is 5.26 Å². The van der Waals surface area contributed by atoms with Crippen molar-refractivity contribution in [2.24, 2.45) is 0 Å². The predicted octanol–water partition coefficient (Wildman–Crippen LogP) is 6.96. The predicted molar refractivity (Wildman–Crippen MR) is 153 cm³/mol. The molecule has 206 valence electrons. The standard InChI is InChI=1S/C31H38N4O4/c1-7-21-9-10-23(17-25(21)22-12-14-34(15-13-22)30(38)39-31(4,5)6)35(19(2)3)28-27(29(36)37)24-11-8-20(18-32)16-26(24)33-28/h8-11,16-17,19,22,33H,7,12-15H2,1-6H3,(H,36,37). The topological polar surface area (TPSA) is 110 Å². The molecule has 1 aromatic heterocycles. The molecule has 2 N–H and O–H groups in total. The number of aromatic carboxylic acids is 1. The zero-order chi connectivity index (χ0) is 28.5. The van der Waals surface area contributed by atoms with Crippen LogP contribution in [0.2, 0.25) is 0 Å². The zero-order valence-corrected chi connectivity index (χ0v) is 23.7. The summed E-state index contributed by atoms with van der Waals surface area (Å²) in [5.74, 6) is -0.239. The number of fused-ring (bicyclic) bond motifs is 1. The molecule has 0 spiro atoms. The summed E-state index contributed by atoms with van der Waals surface area (Å²) in [6, 6.07) is 13.5. The number of hydrogen-bond acceptors (Lipinski definition) is 5. The number of anilines is 2. The quantitative estimate of drug-likeness (QED) is 0.356. The monoisotopic (exact) mass is 530 g/mol. The number of carbonyl (C=O) groups is 2. The van der Waals surface area contributed by atoms with Crippen LogP contribution in [0.4, 0.5) is 16.3 Å². The molecular formula is C31H38N4O4. The van der Waals surface area contributed by atoms with E-state index < -0.39 is 11.6 Å². The number of aromatic nitrogens is 1. The molecule has 8 heteroatoms. The van der Waals surface area contributed by atoms with Crippen LogP contribution < -0.4 is 4.90 Å². The van der Waals surface area contributed by atoms with Crippen LogP contribution in [0.1, 0.15) is 87.4 Å². The van der Waals surface area contributed by atoms with E-state index in [1.165, 1.54) is 11.1 Å². The van der Waals surface area contributed by atoms with Crippen molar-refractivity contribution in [2.45, 2.75) is 78.4 Å². The van der Waals surface area contributed by atoms with Gasteiger partial charge >= 0.3 is 12.1 Å². The SMILES string of the molecule is CCc1ccc(N(c2[nH]c3cc(C#N)ccc3c2C(=O)O)C(C)C)cc1C1CCN(C(=O)OC(C)(C)C)CC1. The Hall–Kier alpha value is -3.99. The summed E-state index contributed by atoms with van der Waals surface area (Å²) in [4.78, 5) is 32.1. The maximum absolute atomic E-state index is 12.6. The minimum atomic E-state index is -1.02. The zero-order valence-electron chi connectivity index (χ0n) is 23.7. The average Bonchev–Trinajstić information content (AvgIpc) is 3.25. The van der Waals surface area contributed by atoms with Crippen LogP contribution >= 0.6 is 0 Å². The Morgan fingerprint density at radius 3 is 2.44 bits per heavy atom. The molecule has 0 saturated carbocycles. The van der Waals surface area contributed by atoms with Crippen molar-refractivity contribution < 1.29 is 19.4 Å². The van der Waals surface area contributed by atoms with Crippen molar-refractivity contribution in [2.75, 3.05) is 18.0 Å². The van der Waals surface area contributed by atoms with E-state index in [0.717, 1.165) is 24.9 Å². The lowest BCUT2D eigenvalue weighted by Crippen LogP contribution is -2.41. The van der Waals surface area contributed by atoms with Crippen molar-refractivity contribution in [3.8, 4) is 6.07 Å². The molecule has 1 aliphatic rings. The normalized spacial score (nSPS) is 14.5. The summed E-state index contributed by atoms with van der Waals surface area (Å²) < 4.78 is 5.57. The number of nitrogens with zero attached hydrogens (tertiary/aromatic N) is 3. The lowest BCUT2D eigenvalue weighted by atomic mass is 9.85. The highest BCUT2D eigenvalue weighted by Gasteiger charge is 2.30. The van der Waals surface area contributed by atoms with E-state index in [2.05, 4.69) is 36.2 Å². The fourth-order valence-electron chi connectivity index (χ4n) is 5.47. The molecule has 3 aromatic rings. The molecule has 0 atom stereocenters. The first-order valence-electron chi connectivity index (χ1n) is 13.6. The van der Waals surface area contributed by atoms with Gasteiger partial charge in [0, 0.05) is 35.7 Å². The van der Waals surface area contributed by atoms with Gasteiger partial charge in [-0.15, -0.1) is 0 Å². The third kappa shape index (κ3) is 5.88. The first-order valence-corrected chi connectivity index (χ1v) is 13.6. The van der Waals surface area contributed by atoms with E-state index in [4.69, 9.17) is 4.74 Å². The summed E-state index contributed by atoms with van der Waals surface area (Å²) in [5, 5.41) is 20.1. The second-order valence-corrected chi connectivity index (χ2v) is 11.5. The van der Waals surface area contributed by atoms with E-state index in [1.807, 2.05) is 39.5 Å².